The number of halogens is 2. The summed E-state index contributed by atoms with van der Waals surface area (Å²) in [5, 5.41) is 11.7. The van der Waals surface area contributed by atoms with Crippen LogP contribution in [0.1, 0.15) is 32.1 Å². The highest BCUT2D eigenvalue weighted by atomic mass is 19.3. The van der Waals surface area contributed by atoms with Crippen LogP contribution in [0.5, 0.6) is 0 Å². The summed E-state index contributed by atoms with van der Waals surface area (Å²) >= 11 is 0. The number of hydrogen-bond acceptors (Lipinski definition) is 2. The smallest absolute Gasteiger partial charge is 0.248 e. The average molecular weight is 207 g/mol. The summed E-state index contributed by atoms with van der Waals surface area (Å²) in [6.45, 7) is 1.79. The molecule has 84 valence electrons. The monoisotopic (exact) mass is 207 g/mol. The van der Waals surface area contributed by atoms with Crippen LogP contribution in [-0.2, 0) is 0 Å². The van der Waals surface area contributed by atoms with E-state index < -0.39 is 5.92 Å². The van der Waals surface area contributed by atoms with E-state index in [0.29, 0.717) is 18.8 Å². The van der Waals surface area contributed by atoms with E-state index in [2.05, 4.69) is 5.32 Å². The Hall–Kier alpha value is -0.220. The molecular weight excluding hydrogens is 188 g/mol. The Labute approximate surface area is 83.7 Å². The Morgan fingerprint density at radius 2 is 1.93 bits per heavy atom. The van der Waals surface area contributed by atoms with Crippen LogP contribution in [0.4, 0.5) is 8.78 Å². The maximum atomic E-state index is 12.8. The zero-order valence-electron chi connectivity index (χ0n) is 8.44. The molecule has 0 heterocycles. The number of aliphatic hydroxyl groups is 1. The first-order valence-electron chi connectivity index (χ1n) is 5.33. The van der Waals surface area contributed by atoms with E-state index in [1.165, 1.54) is 0 Å². The first-order chi connectivity index (χ1) is 6.64. The van der Waals surface area contributed by atoms with Crippen molar-refractivity contribution in [3.05, 3.63) is 0 Å². The number of alkyl halides is 2. The molecule has 0 saturated heterocycles. The highest BCUT2D eigenvalue weighted by molar-refractivity contribution is 4.78. The highest BCUT2D eigenvalue weighted by Crippen LogP contribution is 2.35. The van der Waals surface area contributed by atoms with Crippen LogP contribution in [-0.4, -0.2) is 30.7 Å². The molecular formula is C10H19F2NO. The zero-order chi connectivity index (χ0) is 10.4. The van der Waals surface area contributed by atoms with E-state index in [0.717, 1.165) is 19.5 Å². The van der Waals surface area contributed by atoms with Gasteiger partial charge in [0.15, 0.2) is 0 Å². The summed E-state index contributed by atoms with van der Waals surface area (Å²) in [6, 6.07) is 0. The van der Waals surface area contributed by atoms with E-state index in [1.807, 2.05) is 0 Å². The Morgan fingerprint density at radius 1 is 1.29 bits per heavy atom. The molecule has 0 unspecified atom stereocenters. The van der Waals surface area contributed by atoms with E-state index >= 15 is 0 Å². The van der Waals surface area contributed by atoms with Crippen LogP contribution in [0.25, 0.3) is 0 Å². The molecule has 14 heavy (non-hydrogen) atoms. The quantitative estimate of drug-likeness (QED) is 0.673. The topological polar surface area (TPSA) is 32.3 Å². The fourth-order valence-corrected chi connectivity index (χ4v) is 1.81. The first kappa shape index (κ1) is 11.9. The summed E-state index contributed by atoms with van der Waals surface area (Å²) in [5.74, 6) is -2.02. The van der Waals surface area contributed by atoms with Gasteiger partial charge in [-0.3, -0.25) is 0 Å². The van der Waals surface area contributed by atoms with Gasteiger partial charge in [0.2, 0.25) is 5.92 Å². The summed E-state index contributed by atoms with van der Waals surface area (Å²) in [4.78, 5) is 0. The Morgan fingerprint density at radius 3 is 2.50 bits per heavy atom. The molecule has 0 aromatic carbocycles. The third kappa shape index (κ3) is 4.33. The molecule has 2 N–H and O–H groups in total. The highest BCUT2D eigenvalue weighted by Gasteiger charge is 2.34. The summed E-state index contributed by atoms with van der Waals surface area (Å²) in [7, 11) is 0. The molecule has 1 fully saturated rings. The molecule has 0 radical (unpaired) electrons. The molecule has 0 spiro atoms. The van der Waals surface area contributed by atoms with Gasteiger partial charge < -0.3 is 10.4 Å². The second-order valence-corrected chi connectivity index (χ2v) is 4.08. The Kier molecular flexibility index (Phi) is 4.75. The number of aliphatic hydroxyl groups excluding tert-OH is 1. The Bertz CT molecular complexity index is 154. The van der Waals surface area contributed by atoms with Gasteiger partial charge in [-0.05, 0) is 38.3 Å². The number of rotatable bonds is 5. The van der Waals surface area contributed by atoms with Crippen molar-refractivity contribution in [3.8, 4) is 0 Å². The normalized spacial score (nSPS) is 22.5. The van der Waals surface area contributed by atoms with E-state index in [4.69, 9.17) is 5.11 Å². The third-order valence-electron chi connectivity index (χ3n) is 2.78. The van der Waals surface area contributed by atoms with Gasteiger partial charge in [-0.1, -0.05) is 0 Å². The molecule has 0 aromatic heterocycles. The van der Waals surface area contributed by atoms with Crippen molar-refractivity contribution in [2.45, 2.75) is 38.0 Å². The lowest BCUT2D eigenvalue weighted by Crippen LogP contribution is -2.31. The van der Waals surface area contributed by atoms with Crippen LogP contribution in [0.2, 0.25) is 0 Å². The largest absolute Gasteiger partial charge is 0.396 e. The van der Waals surface area contributed by atoms with Crippen molar-refractivity contribution >= 4 is 0 Å². The summed E-state index contributed by atoms with van der Waals surface area (Å²) < 4.78 is 25.5. The van der Waals surface area contributed by atoms with Crippen LogP contribution in [0, 0.1) is 5.92 Å². The van der Waals surface area contributed by atoms with Gasteiger partial charge in [-0.25, -0.2) is 8.78 Å². The second kappa shape index (κ2) is 5.61. The minimum Gasteiger partial charge on any atom is -0.396 e. The first-order valence-corrected chi connectivity index (χ1v) is 5.33. The summed E-state index contributed by atoms with van der Waals surface area (Å²) in [5.41, 5.74) is 0. The predicted octanol–water partition coefficient (Wildman–Crippen LogP) is 1.78. The predicted molar refractivity (Wildman–Crippen MR) is 51.5 cm³/mol. The molecule has 1 aliphatic rings. The number of nitrogens with one attached hydrogen (secondary N) is 1. The lowest BCUT2D eigenvalue weighted by atomic mass is 9.87. The van der Waals surface area contributed by atoms with Crippen molar-refractivity contribution in [2.75, 3.05) is 19.7 Å². The lowest BCUT2D eigenvalue weighted by Gasteiger charge is -2.28. The van der Waals surface area contributed by atoms with E-state index in [9.17, 15) is 8.78 Å². The number of hydrogen-bond donors (Lipinski definition) is 2. The standard InChI is InChI=1S/C10H19F2NO/c11-10(12)4-2-9(3-5-10)8-13-6-1-7-14/h9,13-14H,1-8H2. The Balaban J connectivity index is 2.04. The lowest BCUT2D eigenvalue weighted by molar-refractivity contribution is -0.0454. The molecule has 4 heteroatoms. The van der Waals surface area contributed by atoms with Crippen molar-refractivity contribution in [1.29, 1.82) is 0 Å². The SMILES string of the molecule is OCCCNCC1CCC(F)(F)CC1. The van der Waals surface area contributed by atoms with Gasteiger partial charge in [0, 0.05) is 19.4 Å². The molecule has 0 aromatic rings. The van der Waals surface area contributed by atoms with Crippen LogP contribution in [0.3, 0.4) is 0 Å². The third-order valence-corrected chi connectivity index (χ3v) is 2.78. The van der Waals surface area contributed by atoms with Crippen molar-refractivity contribution in [1.82, 2.24) is 5.32 Å². The van der Waals surface area contributed by atoms with E-state index in [-0.39, 0.29) is 19.4 Å². The minimum atomic E-state index is -2.42. The van der Waals surface area contributed by atoms with Gasteiger partial charge >= 0.3 is 0 Å². The molecule has 0 aliphatic heterocycles. The zero-order valence-corrected chi connectivity index (χ0v) is 8.44. The maximum Gasteiger partial charge on any atom is 0.248 e. The molecule has 0 bridgehead atoms. The van der Waals surface area contributed by atoms with Crippen LogP contribution < -0.4 is 5.32 Å². The van der Waals surface area contributed by atoms with Crippen molar-refractivity contribution < 1.29 is 13.9 Å². The minimum absolute atomic E-state index is 0.0410. The maximum absolute atomic E-state index is 12.8. The molecule has 1 saturated carbocycles. The second-order valence-electron chi connectivity index (χ2n) is 4.08. The van der Waals surface area contributed by atoms with Crippen molar-refractivity contribution in [3.63, 3.8) is 0 Å². The molecule has 1 rings (SSSR count). The molecule has 0 amide bonds. The van der Waals surface area contributed by atoms with Gasteiger partial charge in [0.05, 0.1) is 0 Å². The fraction of sp³-hybridized carbons (Fsp3) is 1.00. The van der Waals surface area contributed by atoms with Crippen LogP contribution in [0.15, 0.2) is 0 Å². The van der Waals surface area contributed by atoms with Gasteiger partial charge in [-0.15, -0.1) is 0 Å². The molecule has 2 nitrogen and oxygen atoms in total. The average Bonchev–Trinajstić information content (AvgIpc) is 2.15. The van der Waals surface area contributed by atoms with Crippen molar-refractivity contribution in [2.24, 2.45) is 5.92 Å². The van der Waals surface area contributed by atoms with E-state index in [1.54, 1.807) is 0 Å². The summed E-state index contributed by atoms with van der Waals surface area (Å²) in [6.07, 6.45) is 2.07. The van der Waals surface area contributed by atoms with Crippen LogP contribution >= 0.6 is 0 Å². The molecule has 0 atom stereocenters. The van der Waals surface area contributed by atoms with Gasteiger partial charge in [0.1, 0.15) is 0 Å². The molecule has 1 aliphatic carbocycles. The van der Waals surface area contributed by atoms with Gasteiger partial charge in [0.25, 0.3) is 0 Å². The fourth-order valence-electron chi connectivity index (χ4n) is 1.81. The van der Waals surface area contributed by atoms with Gasteiger partial charge in [-0.2, -0.15) is 0 Å².